The molecule has 1 aliphatic carbocycles. The summed E-state index contributed by atoms with van der Waals surface area (Å²) in [7, 11) is 1.61. The second-order valence-electron chi connectivity index (χ2n) is 7.50. The van der Waals surface area contributed by atoms with Crippen LogP contribution in [-0.4, -0.2) is 59.2 Å². The fourth-order valence-electron chi connectivity index (χ4n) is 4.25. The van der Waals surface area contributed by atoms with Gasteiger partial charge in [-0.05, 0) is 37.5 Å². The first-order valence-corrected chi connectivity index (χ1v) is 10.0. The highest BCUT2D eigenvalue weighted by molar-refractivity contribution is 5.94. The number of amides is 1. The standard InChI is InChI=1S/C21H23N5O3/c1-28-20-16-12-14(6-7-17(16)22-13-23-20)25-8-10-26(11-9-25)21(27)19-15-4-2-3-5-18(15)29-24-19/h6-7,12-13H,2-5,8-11H2,1H3. The first kappa shape index (κ1) is 17.9. The Hall–Kier alpha value is -3.16. The van der Waals surface area contributed by atoms with E-state index in [1.54, 1.807) is 7.11 Å². The number of rotatable bonds is 3. The number of methoxy groups -OCH3 is 1. The topological polar surface area (TPSA) is 84.6 Å². The number of hydrogen-bond acceptors (Lipinski definition) is 7. The molecule has 0 bridgehead atoms. The van der Waals surface area contributed by atoms with Gasteiger partial charge in [0.15, 0.2) is 5.69 Å². The third-order valence-corrected chi connectivity index (χ3v) is 5.86. The molecule has 150 valence electrons. The summed E-state index contributed by atoms with van der Waals surface area (Å²) in [6.07, 6.45) is 5.49. The molecule has 0 saturated carbocycles. The Morgan fingerprint density at radius 1 is 1.10 bits per heavy atom. The number of aromatic nitrogens is 3. The lowest BCUT2D eigenvalue weighted by Gasteiger charge is -2.36. The summed E-state index contributed by atoms with van der Waals surface area (Å²) in [6.45, 7) is 2.82. The van der Waals surface area contributed by atoms with E-state index in [0.717, 1.165) is 66.7 Å². The molecule has 0 radical (unpaired) electrons. The van der Waals surface area contributed by atoms with E-state index in [1.165, 1.54) is 6.33 Å². The Kier molecular flexibility index (Phi) is 4.54. The molecule has 5 rings (SSSR count). The summed E-state index contributed by atoms with van der Waals surface area (Å²) >= 11 is 0. The lowest BCUT2D eigenvalue weighted by atomic mass is 9.96. The second-order valence-corrected chi connectivity index (χ2v) is 7.50. The maximum Gasteiger partial charge on any atom is 0.276 e. The molecule has 29 heavy (non-hydrogen) atoms. The van der Waals surface area contributed by atoms with Gasteiger partial charge in [0.25, 0.3) is 5.91 Å². The minimum absolute atomic E-state index is 0.00914. The number of benzene rings is 1. The molecule has 0 N–H and O–H groups in total. The Labute approximate surface area is 168 Å². The van der Waals surface area contributed by atoms with Crippen LogP contribution in [-0.2, 0) is 12.8 Å². The summed E-state index contributed by atoms with van der Waals surface area (Å²) in [6, 6.07) is 6.09. The number of anilines is 1. The summed E-state index contributed by atoms with van der Waals surface area (Å²) in [5.74, 6) is 1.46. The van der Waals surface area contributed by atoms with Crippen molar-refractivity contribution in [2.24, 2.45) is 0 Å². The molecule has 8 nitrogen and oxygen atoms in total. The zero-order valence-corrected chi connectivity index (χ0v) is 16.4. The monoisotopic (exact) mass is 393 g/mol. The zero-order valence-electron chi connectivity index (χ0n) is 16.4. The average Bonchev–Trinajstić information content (AvgIpc) is 3.22. The normalized spacial score (nSPS) is 16.7. The average molecular weight is 393 g/mol. The number of carbonyl (C=O) groups is 1. The van der Waals surface area contributed by atoms with Crippen LogP contribution < -0.4 is 9.64 Å². The summed E-state index contributed by atoms with van der Waals surface area (Å²) in [5, 5.41) is 4.98. The molecular weight excluding hydrogens is 370 g/mol. The Bertz CT molecular complexity index is 1060. The Morgan fingerprint density at radius 2 is 1.93 bits per heavy atom. The van der Waals surface area contributed by atoms with Crippen LogP contribution in [0.5, 0.6) is 5.88 Å². The van der Waals surface area contributed by atoms with Gasteiger partial charge in [-0.2, -0.15) is 0 Å². The highest BCUT2D eigenvalue weighted by atomic mass is 16.5. The highest BCUT2D eigenvalue weighted by Gasteiger charge is 2.29. The first-order chi connectivity index (χ1) is 14.2. The maximum atomic E-state index is 13.0. The van der Waals surface area contributed by atoms with Gasteiger partial charge in [-0.3, -0.25) is 4.79 Å². The predicted molar refractivity (Wildman–Crippen MR) is 107 cm³/mol. The molecule has 0 atom stereocenters. The van der Waals surface area contributed by atoms with E-state index >= 15 is 0 Å². The quantitative estimate of drug-likeness (QED) is 0.676. The van der Waals surface area contributed by atoms with E-state index < -0.39 is 0 Å². The van der Waals surface area contributed by atoms with Crippen LogP contribution in [0.2, 0.25) is 0 Å². The van der Waals surface area contributed by atoms with Crippen LogP contribution in [0.1, 0.15) is 34.7 Å². The van der Waals surface area contributed by atoms with E-state index in [0.29, 0.717) is 24.7 Å². The van der Waals surface area contributed by atoms with Gasteiger partial charge in [-0.15, -0.1) is 0 Å². The highest BCUT2D eigenvalue weighted by Crippen LogP contribution is 2.28. The van der Waals surface area contributed by atoms with Crippen LogP contribution >= 0.6 is 0 Å². The molecule has 1 aromatic carbocycles. The van der Waals surface area contributed by atoms with Gasteiger partial charge in [-0.1, -0.05) is 5.16 Å². The third-order valence-electron chi connectivity index (χ3n) is 5.86. The maximum absolute atomic E-state index is 13.0. The van der Waals surface area contributed by atoms with Crippen molar-refractivity contribution in [3.8, 4) is 5.88 Å². The fourth-order valence-corrected chi connectivity index (χ4v) is 4.25. The van der Waals surface area contributed by atoms with Gasteiger partial charge in [0, 0.05) is 43.9 Å². The molecule has 3 aromatic rings. The van der Waals surface area contributed by atoms with Crippen LogP contribution in [0, 0.1) is 0 Å². The molecule has 2 aromatic heterocycles. The number of carbonyl (C=O) groups excluding carboxylic acids is 1. The van der Waals surface area contributed by atoms with Crippen molar-refractivity contribution in [2.45, 2.75) is 25.7 Å². The number of nitrogens with zero attached hydrogens (tertiary/aromatic N) is 5. The third kappa shape index (κ3) is 3.18. The lowest BCUT2D eigenvalue weighted by molar-refractivity contribution is 0.0735. The molecule has 1 amide bonds. The van der Waals surface area contributed by atoms with E-state index in [9.17, 15) is 4.79 Å². The number of hydrogen-bond donors (Lipinski definition) is 0. The first-order valence-electron chi connectivity index (χ1n) is 10.0. The second kappa shape index (κ2) is 7.35. The number of piperazine rings is 1. The van der Waals surface area contributed by atoms with Crippen molar-refractivity contribution >= 4 is 22.5 Å². The van der Waals surface area contributed by atoms with Crippen LogP contribution in [0.3, 0.4) is 0 Å². The van der Waals surface area contributed by atoms with Gasteiger partial charge in [0.2, 0.25) is 5.88 Å². The van der Waals surface area contributed by atoms with Gasteiger partial charge in [0.05, 0.1) is 18.0 Å². The molecule has 0 unspecified atom stereocenters. The summed E-state index contributed by atoms with van der Waals surface area (Å²) in [5.41, 5.74) is 3.47. The molecule has 3 heterocycles. The number of fused-ring (bicyclic) bond motifs is 2. The van der Waals surface area contributed by atoms with Gasteiger partial charge < -0.3 is 19.1 Å². The largest absolute Gasteiger partial charge is 0.480 e. The summed E-state index contributed by atoms with van der Waals surface area (Å²) < 4.78 is 10.8. The lowest BCUT2D eigenvalue weighted by Crippen LogP contribution is -2.49. The smallest absolute Gasteiger partial charge is 0.276 e. The van der Waals surface area contributed by atoms with E-state index in [1.807, 2.05) is 11.0 Å². The van der Waals surface area contributed by atoms with Crippen molar-refractivity contribution < 1.29 is 14.1 Å². The molecule has 8 heteroatoms. The minimum Gasteiger partial charge on any atom is -0.480 e. The number of aryl methyl sites for hydroxylation is 1. The van der Waals surface area contributed by atoms with Crippen LogP contribution in [0.25, 0.3) is 10.9 Å². The van der Waals surface area contributed by atoms with E-state index in [-0.39, 0.29) is 5.91 Å². The van der Waals surface area contributed by atoms with Gasteiger partial charge in [0.1, 0.15) is 12.1 Å². The Balaban J connectivity index is 1.31. The predicted octanol–water partition coefficient (Wildman–Crippen LogP) is 2.47. The molecule has 1 saturated heterocycles. The molecule has 0 spiro atoms. The molecule has 1 aliphatic heterocycles. The van der Waals surface area contributed by atoms with E-state index in [4.69, 9.17) is 9.26 Å². The van der Waals surface area contributed by atoms with Crippen LogP contribution in [0.4, 0.5) is 5.69 Å². The van der Waals surface area contributed by atoms with Crippen molar-refractivity contribution in [3.05, 3.63) is 41.5 Å². The summed E-state index contributed by atoms with van der Waals surface area (Å²) in [4.78, 5) is 25.6. The van der Waals surface area contributed by atoms with Crippen molar-refractivity contribution in [2.75, 3.05) is 38.2 Å². The van der Waals surface area contributed by atoms with Crippen molar-refractivity contribution in [3.63, 3.8) is 0 Å². The van der Waals surface area contributed by atoms with E-state index in [2.05, 4.69) is 32.2 Å². The Morgan fingerprint density at radius 3 is 2.76 bits per heavy atom. The molecule has 1 fully saturated rings. The van der Waals surface area contributed by atoms with Gasteiger partial charge in [-0.25, -0.2) is 9.97 Å². The number of ether oxygens (including phenoxy) is 1. The molecular formula is C21H23N5O3. The molecule has 2 aliphatic rings. The van der Waals surface area contributed by atoms with Gasteiger partial charge >= 0.3 is 0 Å². The van der Waals surface area contributed by atoms with Crippen LogP contribution in [0.15, 0.2) is 29.0 Å². The zero-order chi connectivity index (χ0) is 19.8. The van der Waals surface area contributed by atoms with Crippen molar-refractivity contribution in [1.29, 1.82) is 0 Å². The van der Waals surface area contributed by atoms with Crippen molar-refractivity contribution in [1.82, 2.24) is 20.0 Å². The SMILES string of the molecule is COc1ncnc2ccc(N3CCN(C(=O)c4noc5c4CCCC5)CC3)cc12. The minimum atomic E-state index is -0.00914. The fraction of sp³-hybridized carbons (Fsp3) is 0.429.